The summed E-state index contributed by atoms with van der Waals surface area (Å²) in [4.78, 5) is 11.4. The van der Waals surface area contributed by atoms with Gasteiger partial charge in [-0.05, 0) is 51.9 Å². The molecule has 2 fully saturated rings. The minimum Gasteiger partial charge on any atom is -0.300 e. The van der Waals surface area contributed by atoms with E-state index < -0.39 is 0 Å². The summed E-state index contributed by atoms with van der Waals surface area (Å²) in [6, 6.07) is 0. The normalized spacial score (nSPS) is 36.8. The van der Waals surface area contributed by atoms with E-state index in [1.807, 2.05) is 0 Å². The van der Waals surface area contributed by atoms with Gasteiger partial charge in [-0.15, -0.1) is 0 Å². The Kier molecular flexibility index (Phi) is 2.05. The van der Waals surface area contributed by atoms with Crippen molar-refractivity contribution in [2.45, 2.75) is 40.0 Å². The fraction of sp³-hybridized carbons (Fsp3) is 0.750. The Morgan fingerprint density at radius 2 is 1.92 bits per heavy atom. The summed E-state index contributed by atoms with van der Waals surface area (Å²) < 4.78 is 0. The topological polar surface area (TPSA) is 17.1 Å². The van der Waals surface area contributed by atoms with Crippen LogP contribution in [-0.2, 0) is 4.79 Å². The van der Waals surface area contributed by atoms with E-state index in [2.05, 4.69) is 13.8 Å². The van der Waals surface area contributed by atoms with Crippen molar-refractivity contribution in [3.63, 3.8) is 0 Å². The van der Waals surface area contributed by atoms with Crippen LogP contribution >= 0.6 is 0 Å². The number of hydrogen-bond donors (Lipinski definition) is 0. The maximum Gasteiger partial charge on any atom is 0.133 e. The van der Waals surface area contributed by atoms with Crippen LogP contribution < -0.4 is 0 Å². The van der Waals surface area contributed by atoms with Gasteiger partial charge in [0.2, 0.25) is 0 Å². The number of carbonyl (C=O) groups is 1. The van der Waals surface area contributed by atoms with Gasteiger partial charge in [0.15, 0.2) is 0 Å². The molecule has 2 aliphatic rings. The monoisotopic (exact) mass is 178 g/mol. The fourth-order valence-corrected chi connectivity index (χ4v) is 3.36. The summed E-state index contributed by atoms with van der Waals surface area (Å²) in [5.74, 6) is 2.14. The highest BCUT2D eigenvalue weighted by atomic mass is 16.1. The first kappa shape index (κ1) is 8.98. The zero-order chi connectivity index (χ0) is 9.59. The van der Waals surface area contributed by atoms with Crippen molar-refractivity contribution < 1.29 is 4.79 Å². The number of rotatable bonds is 1. The van der Waals surface area contributed by atoms with Crippen LogP contribution in [0.3, 0.4) is 0 Å². The lowest BCUT2D eigenvalue weighted by molar-refractivity contribution is -0.122. The van der Waals surface area contributed by atoms with Gasteiger partial charge in [-0.2, -0.15) is 0 Å². The molecule has 1 heteroatoms. The Morgan fingerprint density at radius 3 is 2.31 bits per heavy atom. The molecule has 0 aromatic carbocycles. The van der Waals surface area contributed by atoms with Gasteiger partial charge in [-0.1, -0.05) is 11.1 Å². The van der Waals surface area contributed by atoms with Gasteiger partial charge in [-0.3, -0.25) is 4.79 Å². The maximum absolute atomic E-state index is 11.4. The van der Waals surface area contributed by atoms with Crippen LogP contribution in [0.1, 0.15) is 40.0 Å². The summed E-state index contributed by atoms with van der Waals surface area (Å²) in [5, 5.41) is 0. The molecule has 2 aliphatic carbocycles. The predicted molar refractivity (Wildman–Crippen MR) is 53.4 cm³/mol. The van der Waals surface area contributed by atoms with E-state index in [4.69, 9.17) is 0 Å². The van der Waals surface area contributed by atoms with Crippen molar-refractivity contribution in [1.29, 1.82) is 0 Å². The minimum absolute atomic E-state index is 0.364. The van der Waals surface area contributed by atoms with E-state index in [0.29, 0.717) is 17.6 Å². The quantitative estimate of drug-likeness (QED) is 0.564. The Labute approximate surface area is 80.2 Å². The molecular formula is C12H18O. The average Bonchev–Trinajstić information content (AvgIpc) is 2.58. The third-order valence-corrected chi connectivity index (χ3v) is 3.79. The third-order valence-electron chi connectivity index (χ3n) is 3.79. The highest BCUT2D eigenvalue weighted by Gasteiger charge is 2.45. The molecule has 0 aliphatic heterocycles. The molecule has 0 aromatic heterocycles. The fourth-order valence-electron chi connectivity index (χ4n) is 3.36. The first-order chi connectivity index (χ1) is 6.11. The van der Waals surface area contributed by atoms with Crippen molar-refractivity contribution in [3.05, 3.63) is 11.1 Å². The molecule has 1 nitrogen and oxygen atoms in total. The van der Waals surface area contributed by atoms with Crippen LogP contribution in [0.25, 0.3) is 0 Å². The van der Waals surface area contributed by atoms with Crippen LogP contribution in [0, 0.1) is 17.8 Å². The Balaban J connectivity index is 2.30. The Morgan fingerprint density at radius 1 is 1.23 bits per heavy atom. The Hall–Kier alpha value is -0.590. The third kappa shape index (κ3) is 1.25. The molecule has 0 aromatic rings. The molecule has 72 valence electrons. The van der Waals surface area contributed by atoms with Gasteiger partial charge in [0.25, 0.3) is 0 Å². The molecule has 0 saturated heterocycles. The molecule has 2 bridgehead atoms. The molecule has 0 spiro atoms. The van der Waals surface area contributed by atoms with Crippen molar-refractivity contribution >= 4 is 5.78 Å². The predicted octanol–water partition coefficient (Wildman–Crippen LogP) is 2.96. The molecular weight excluding hydrogens is 160 g/mol. The lowest BCUT2D eigenvalue weighted by Gasteiger charge is -2.17. The Bertz CT molecular complexity index is 271. The van der Waals surface area contributed by atoms with Gasteiger partial charge in [0.1, 0.15) is 5.78 Å². The lowest BCUT2D eigenvalue weighted by Crippen LogP contribution is -2.18. The summed E-state index contributed by atoms with van der Waals surface area (Å²) in [5.41, 5.74) is 3.09. The first-order valence-electron chi connectivity index (χ1n) is 5.29. The first-order valence-corrected chi connectivity index (χ1v) is 5.29. The van der Waals surface area contributed by atoms with Crippen LogP contribution in [0.4, 0.5) is 0 Å². The van der Waals surface area contributed by atoms with E-state index in [1.165, 1.54) is 18.4 Å². The van der Waals surface area contributed by atoms with E-state index in [-0.39, 0.29) is 0 Å². The standard InChI is InChI=1S/C12H18O/c1-7(2)12-9-4-5-10(12)11(6-9)8(3)13/h9-11H,4-6H2,1-3H3. The van der Waals surface area contributed by atoms with E-state index in [9.17, 15) is 4.79 Å². The van der Waals surface area contributed by atoms with Crippen LogP contribution in [0.5, 0.6) is 0 Å². The summed E-state index contributed by atoms with van der Waals surface area (Å²) in [6.45, 7) is 6.15. The number of fused-ring (bicyclic) bond motifs is 2. The minimum atomic E-state index is 0.364. The van der Waals surface area contributed by atoms with Crippen LogP contribution in [0.2, 0.25) is 0 Å². The van der Waals surface area contributed by atoms with Gasteiger partial charge < -0.3 is 0 Å². The average molecular weight is 178 g/mol. The van der Waals surface area contributed by atoms with Crippen molar-refractivity contribution in [2.75, 3.05) is 0 Å². The molecule has 0 N–H and O–H groups in total. The van der Waals surface area contributed by atoms with Crippen molar-refractivity contribution in [1.82, 2.24) is 0 Å². The smallest absolute Gasteiger partial charge is 0.133 e. The van der Waals surface area contributed by atoms with Gasteiger partial charge >= 0.3 is 0 Å². The lowest BCUT2D eigenvalue weighted by atomic mass is 9.86. The molecule has 13 heavy (non-hydrogen) atoms. The molecule has 3 atom stereocenters. The molecule has 0 radical (unpaired) electrons. The highest BCUT2D eigenvalue weighted by molar-refractivity contribution is 5.80. The molecule has 2 rings (SSSR count). The van der Waals surface area contributed by atoms with Crippen LogP contribution in [0.15, 0.2) is 11.1 Å². The highest BCUT2D eigenvalue weighted by Crippen LogP contribution is 2.53. The van der Waals surface area contributed by atoms with Gasteiger partial charge in [-0.25, -0.2) is 0 Å². The second-order valence-corrected chi connectivity index (χ2v) is 4.79. The maximum atomic E-state index is 11.4. The second kappa shape index (κ2) is 2.97. The number of hydrogen-bond acceptors (Lipinski definition) is 1. The van der Waals surface area contributed by atoms with Crippen molar-refractivity contribution in [3.8, 4) is 0 Å². The number of Topliss-reactive ketones (excluding diaryl/α,β-unsaturated/α-hetero) is 1. The zero-order valence-electron chi connectivity index (χ0n) is 8.76. The molecule has 3 unspecified atom stereocenters. The number of ketones is 1. The van der Waals surface area contributed by atoms with E-state index in [1.54, 1.807) is 12.5 Å². The molecule has 0 amide bonds. The van der Waals surface area contributed by atoms with Crippen LogP contribution in [-0.4, -0.2) is 5.78 Å². The van der Waals surface area contributed by atoms with Gasteiger partial charge in [0, 0.05) is 5.92 Å². The molecule has 0 heterocycles. The van der Waals surface area contributed by atoms with E-state index >= 15 is 0 Å². The largest absolute Gasteiger partial charge is 0.300 e. The number of carbonyl (C=O) groups excluding carboxylic acids is 1. The number of allylic oxidation sites excluding steroid dienone is 2. The zero-order valence-corrected chi connectivity index (χ0v) is 8.76. The SMILES string of the molecule is CC(=O)C1CC2CCC1C2=C(C)C. The van der Waals surface area contributed by atoms with Crippen molar-refractivity contribution in [2.24, 2.45) is 17.8 Å². The summed E-state index contributed by atoms with van der Waals surface area (Å²) in [6.07, 6.45) is 3.73. The summed E-state index contributed by atoms with van der Waals surface area (Å²) >= 11 is 0. The summed E-state index contributed by atoms with van der Waals surface area (Å²) in [7, 11) is 0. The second-order valence-electron chi connectivity index (χ2n) is 4.79. The molecule has 2 saturated carbocycles. The van der Waals surface area contributed by atoms with E-state index in [0.717, 1.165) is 12.3 Å². The van der Waals surface area contributed by atoms with Gasteiger partial charge in [0.05, 0.1) is 0 Å².